The lowest BCUT2D eigenvalue weighted by Crippen LogP contribution is -2.58. The Morgan fingerprint density at radius 1 is 1.00 bits per heavy atom. The summed E-state index contributed by atoms with van der Waals surface area (Å²) in [5.41, 5.74) is 3.37. The van der Waals surface area contributed by atoms with Gasteiger partial charge < -0.3 is 14.1 Å². The Morgan fingerprint density at radius 2 is 1.71 bits per heavy atom. The minimum Gasteiger partial charge on any atom is -0.483 e. The third-order valence-corrected chi connectivity index (χ3v) is 6.91. The molecule has 2 aromatic carbocycles. The van der Waals surface area contributed by atoms with Gasteiger partial charge in [0.25, 0.3) is 5.91 Å². The van der Waals surface area contributed by atoms with Crippen LogP contribution in [0.2, 0.25) is 0 Å². The van der Waals surface area contributed by atoms with Crippen LogP contribution in [0.25, 0.3) is 11.0 Å². The van der Waals surface area contributed by atoms with Crippen molar-refractivity contribution in [3.63, 3.8) is 0 Å². The maximum atomic E-state index is 13.2. The quantitative estimate of drug-likeness (QED) is 0.523. The first-order chi connectivity index (χ1) is 16.2. The van der Waals surface area contributed by atoms with E-state index in [0.29, 0.717) is 35.5 Å². The molecule has 180 valence electrons. The molecule has 1 aliphatic rings. The van der Waals surface area contributed by atoms with Crippen LogP contribution < -0.4 is 10.4 Å². The van der Waals surface area contributed by atoms with Crippen molar-refractivity contribution in [3.8, 4) is 5.75 Å². The summed E-state index contributed by atoms with van der Waals surface area (Å²) in [4.78, 5) is 29.3. The summed E-state index contributed by atoms with van der Waals surface area (Å²) in [6, 6.07) is 10.4. The van der Waals surface area contributed by atoms with Crippen molar-refractivity contribution in [2.45, 2.75) is 53.2 Å². The van der Waals surface area contributed by atoms with E-state index in [9.17, 15) is 14.0 Å². The molecular formula is C27H31FN2O4. The van der Waals surface area contributed by atoms with Gasteiger partial charge in [0.05, 0.1) is 0 Å². The second-order valence-electron chi connectivity index (χ2n) is 9.29. The number of nitrogens with zero attached hydrogens (tertiary/aromatic N) is 2. The average Bonchev–Trinajstić information content (AvgIpc) is 2.81. The maximum Gasteiger partial charge on any atom is 0.339 e. The molecule has 34 heavy (non-hydrogen) atoms. The molecule has 0 bridgehead atoms. The van der Waals surface area contributed by atoms with Crippen LogP contribution in [0, 0.1) is 26.6 Å². The largest absolute Gasteiger partial charge is 0.483 e. The first-order valence-corrected chi connectivity index (χ1v) is 11.6. The van der Waals surface area contributed by atoms with Crippen molar-refractivity contribution >= 4 is 16.9 Å². The van der Waals surface area contributed by atoms with Crippen LogP contribution >= 0.6 is 0 Å². The van der Waals surface area contributed by atoms with Gasteiger partial charge in [-0.25, -0.2) is 9.18 Å². The zero-order chi connectivity index (χ0) is 24.6. The fourth-order valence-corrected chi connectivity index (χ4v) is 4.59. The second-order valence-corrected chi connectivity index (χ2v) is 9.29. The van der Waals surface area contributed by atoms with Crippen LogP contribution in [0.15, 0.2) is 45.6 Å². The van der Waals surface area contributed by atoms with Crippen molar-refractivity contribution < 1.29 is 18.3 Å². The van der Waals surface area contributed by atoms with Crippen LogP contribution in [0.3, 0.4) is 0 Å². The maximum absolute atomic E-state index is 13.2. The summed E-state index contributed by atoms with van der Waals surface area (Å²) in [5.74, 6) is 0.208. The number of carbonyl (C=O) groups is 1. The fourth-order valence-electron chi connectivity index (χ4n) is 4.59. The number of halogens is 1. The SMILES string of the molecule is Cc1c(C)c2ccc(OCC(=O)N3CC(C)N(Cc4ccc(F)cc4)CC3C)c(C)c2oc1=O. The van der Waals surface area contributed by atoms with Gasteiger partial charge in [-0.05, 0) is 70.0 Å². The summed E-state index contributed by atoms with van der Waals surface area (Å²) in [6.07, 6.45) is 0. The number of rotatable bonds is 5. The predicted octanol–water partition coefficient (Wildman–Crippen LogP) is 4.36. The van der Waals surface area contributed by atoms with Crippen LogP contribution in [-0.4, -0.2) is 47.5 Å². The van der Waals surface area contributed by atoms with E-state index < -0.39 is 0 Å². The van der Waals surface area contributed by atoms with Gasteiger partial charge in [0, 0.05) is 48.2 Å². The lowest BCUT2D eigenvalue weighted by atomic mass is 10.0. The Kier molecular flexibility index (Phi) is 6.75. The molecule has 6 nitrogen and oxygen atoms in total. The third kappa shape index (κ3) is 4.71. The van der Waals surface area contributed by atoms with E-state index in [1.54, 1.807) is 19.1 Å². The Hall–Kier alpha value is -3.19. The molecule has 2 atom stereocenters. The highest BCUT2D eigenvalue weighted by Gasteiger charge is 2.32. The van der Waals surface area contributed by atoms with Gasteiger partial charge in [-0.3, -0.25) is 9.69 Å². The number of piperazine rings is 1. The van der Waals surface area contributed by atoms with Crippen molar-refractivity contribution in [2.24, 2.45) is 0 Å². The lowest BCUT2D eigenvalue weighted by molar-refractivity contribution is -0.139. The van der Waals surface area contributed by atoms with E-state index in [4.69, 9.17) is 9.15 Å². The molecule has 0 saturated carbocycles. The minimum absolute atomic E-state index is 0.0223. The van der Waals surface area contributed by atoms with Crippen molar-refractivity contribution in [2.75, 3.05) is 19.7 Å². The summed E-state index contributed by atoms with van der Waals surface area (Å²) in [6.45, 7) is 11.5. The van der Waals surface area contributed by atoms with Gasteiger partial charge in [0.1, 0.15) is 17.1 Å². The molecule has 1 fully saturated rings. The van der Waals surface area contributed by atoms with E-state index in [1.807, 2.05) is 37.8 Å². The van der Waals surface area contributed by atoms with Crippen molar-refractivity contribution in [3.05, 3.63) is 74.9 Å². The molecule has 1 amide bonds. The standard InChI is InChI=1S/C27H31FN2O4/c1-16-13-30(17(2)12-29(16)14-21-6-8-22(28)9-7-21)25(31)15-33-24-11-10-23-18(3)19(4)27(32)34-26(23)20(24)5/h6-11,16-17H,12-15H2,1-5H3. The highest BCUT2D eigenvalue weighted by atomic mass is 19.1. The molecule has 4 rings (SSSR count). The number of fused-ring (bicyclic) bond motifs is 1. The molecule has 2 unspecified atom stereocenters. The van der Waals surface area contributed by atoms with Gasteiger partial charge in [-0.15, -0.1) is 0 Å². The van der Waals surface area contributed by atoms with E-state index in [-0.39, 0.29) is 36.0 Å². The van der Waals surface area contributed by atoms with E-state index in [1.165, 1.54) is 12.1 Å². The number of carbonyl (C=O) groups excluding carboxylic acids is 1. The highest BCUT2D eigenvalue weighted by Crippen LogP contribution is 2.29. The summed E-state index contributed by atoms with van der Waals surface area (Å²) >= 11 is 0. The molecule has 3 aromatic rings. The normalized spacial score (nSPS) is 18.9. The number of aryl methyl sites for hydroxylation is 2. The van der Waals surface area contributed by atoms with Crippen LogP contribution in [0.5, 0.6) is 5.75 Å². The van der Waals surface area contributed by atoms with Gasteiger partial charge in [-0.2, -0.15) is 0 Å². The summed E-state index contributed by atoms with van der Waals surface area (Å²) in [5, 5.41) is 0.869. The monoisotopic (exact) mass is 466 g/mol. The smallest absolute Gasteiger partial charge is 0.339 e. The molecule has 0 N–H and O–H groups in total. The van der Waals surface area contributed by atoms with Gasteiger partial charge in [0.15, 0.2) is 6.61 Å². The Labute approximate surface area is 198 Å². The number of hydrogen-bond acceptors (Lipinski definition) is 5. The van der Waals surface area contributed by atoms with E-state index in [2.05, 4.69) is 11.8 Å². The molecule has 1 aromatic heterocycles. The molecule has 1 saturated heterocycles. The first-order valence-electron chi connectivity index (χ1n) is 11.6. The zero-order valence-corrected chi connectivity index (χ0v) is 20.4. The van der Waals surface area contributed by atoms with Gasteiger partial charge in [0.2, 0.25) is 0 Å². The lowest BCUT2D eigenvalue weighted by Gasteiger charge is -2.44. The Bertz CT molecular complexity index is 1270. The number of ether oxygens (including phenoxy) is 1. The topological polar surface area (TPSA) is 63.0 Å². The minimum atomic E-state index is -0.359. The molecule has 1 aliphatic heterocycles. The second kappa shape index (κ2) is 9.58. The van der Waals surface area contributed by atoms with Crippen molar-refractivity contribution in [1.29, 1.82) is 0 Å². The van der Waals surface area contributed by atoms with Crippen LogP contribution in [0.4, 0.5) is 4.39 Å². The number of benzene rings is 2. The number of amides is 1. The van der Waals surface area contributed by atoms with E-state index in [0.717, 1.165) is 23.1 Å². The molecular weight excluding hydrogens is 435 g/mol. The molecule has 0 spiro atoms. The average molecular weight is 467 g/mol. The third-order valence-electron chi connectivity index (χ3n) is 6.91. The van der Waals surface area contributed by atoms with Gasteiger partial charge >= 0.3 is 5.63 Å². The Balaban J connectivity index is 1.42. The fraction of sp³-hybridized carbons (Fsp3) is 0.407. The predicted molar refractivity (Wildman–Crippen MR) is 130 cm³/mol. The molecule has 7 heteroatoms. The number of hydrogen-bond donors (Lipinski definition) is 0. The zero-order valence-electron chi connectivity index (χ0n) is 20.4. The summed E-state index contributed by atoms with van der Waals surface area (Å²) < 4.78 is 24.6. The van der Waals surface area contributed by atoms with Gasteiger partial charge in [-0.1, -0.05) is 12.1 Å². The highest BCUT2D eigenvalue weighted by molar-refractivity contribution is 5.86. The molecule has 0 aliphatic carbocycles. The van der Waals surface area contributed by atoms with E-state index >= 15 is 0 Å². The summed E-state index contributed by atoms with van der Waals surface area (Å²) in [7, 11) is 0. The first kappa shape index (κ1) is 24.0. The van der Waals surface area contributed by atoms with Crippen LogP contribution in [-0.2, 0) is 11.3 Å². The molecule has 0 radical (unpaired) electrons. The Morgan fingerprint density at radius 3 is 2.41 bits per heavy atom. The van der Waals surface area contributed by atoms with Crippen molar-refractivity contribution in [1.82, 2.24) is 9.80 Å². The molecule has 2 heterocycles. The van der Waals surface area contributed by atoms with Crippen LogP contribution in [0.1, 0.15) is 36.1 Å².